The Hall–Kier alpha value is -1.29. The molecule has 174 valence electrons. The van der Waals surface area contributed by atoms with Crippen LogP contribution in [-0.2, 0) is 4.79 Å². The molecule has 2 N–H and O–H groups in total. The van der Waals surface area contributed by atoms with Crippen LogP contribution in [-0.4, -0.2) is 36.2 Å². The molecule has 0 saturated heterocycles. The summed E-state index contributed by atoms with van der Waals surface area (Å²) in [6, 6.07) is 0. The van der Waals surface area contributed by atoms with Gasteiger partial charge >= 0.3 is 0 Å². The highest BCUT2D eigenvalue weighted by Crippen LogP contribution is 2.23. The molecule has 0 bridgehead atoms. The molecule has 0 aromatic carbocycles. The predicted octanol–water partition coefficient (Wildman–Crippen LogP) is 6.40. The van der Waals surface area contributed by atoms with Crippen molar-refractivity contribution in [3.63, 3.8) is 0 Å². The van der Waals surface area contributed by atoms with Gasteiger partial charge < -0.3 is 10.6 Å². The number of likely N-dealkylation sites (N-methyl/N-ethyl adjacent to an activating group) is 1. The molecule has 2 atom stereocenters. The fourth-order valence-electron chi connectivity index (χ4n) is 4.46. The Balaban J connectivity index is 2.00. The van der Waals surface area contributed by atoms with Gasteiger partial charge in [-0.05, 0) is 39.0 Å². The van der Waals surface area contributed by atoms with E-state index in [1.165, 1.54) is 89.9 Å². The predicted molar refractivity (Wildman–Crippen MR) is 130 cm³/mol. The van der Waals surface area contributed by atoms with Crippen LogP contribution in [0.15, 0.2) is 24.6 Å². The third-order valence-corrected chi connectivity index (χ3v) is 6.51. The molecular formula is C26H50N3O+. The van der Waals surface area contributed by atoms with Gasteiger partial charge in [0.1, 0.15) is 12.7 Å². The second kappa shape index (κ2) is 17.4. The van der Waals surface area contributed by atoms with Gasteiger partial charge in [-0.3, -0.25) is 9.28 Å². The monoisotopic (exact) mass is 420 g/mol. The maximum atomic E-state index is 11.2. The molecule has 0 radical (unpaired) electrons. The summed E-state index contributed by atoms with van der Waals surface area (Å²) in [6.45, 7) is 8.91. The first kappa shape index (κ1) is 26.7. The number of hydrogen-bond donors (Lipinski definition) is 2. The van der Waals surface area contributed by atoms with Gasteiger partial charge in [0.2, 0.25) is 5.91 Å². The van der Waals surface area contributed by atoms with Crippen molar-refractivity contribution in [2.45, 2.75) is 117 Å². The highest BCUT2D eigenvalue weighted by atomic mass is 16.1. The van der Waals surface area contributed by atoms with Gasteiger partial charge in [0, 0.05) is 13.3 Å². The van der Waals surface area contributed by atoms with Crippen LogP contribution in [0.2, 0.25) is 0 Å². The van der Waals surface area contributed by atoms with Crippen molar-refractivity contribution in [3.05, 3.63) is 24.6 Å². The second-order valence-electron chi connectivity index (χ2n) is 9.00. The van der Waals surface area contributed by atoms with E-state index in [0.717, 1.165) is 24.1 Å². The van der Waals surface area contributed by atoms with E-state index in [0.29, 0.717) is 6.17 Å². The average Bonchev–Trinajstić information content (AvgIpc) is 3.13. The minimum atomic E-state index is 0.0652. The van der Waals surface area contributed by atoms with E-state index in [9.17, 15) is 4.79 Å². The number of amides is 1. The fraction of sp³-hybridized carbons (Fsp3) is 0.808. The van der Waals surface area contributed by atoms with Gasteiger partial charge in [-0.1, -0.05) is 70.4 Å². The first-order valence-electron chi connectivity index (χ1n) is 12.8. The normalized spacial score (nSPS) is 20.7. The lowest BCUT2D eigenvalue weighted by atomic mass is 10.1. The van der Waals surface area contributed by atoms with E-state index in [4.69, 9.17) is 0 Å². The number of unbranched alkanes of at least 4 members (excludes halogenated alkanes) is 11. The Morgan fingerprint density at radius 1 is 0.933 bits per heavy atom. The summed E-state index contributed by atoms with van der Waals surface area (Å²) in [5.74, 6) is 0.0652. The second-order valence-corrected chi connectivity index (χ2v) is 9.00. The molecule has 0 saturated carbocycles. The van der Waals surface area contributed by atoms with Gasteiger partial charge in [0.05, 0.1) is 19.3 Å². The summed E-state index contributed by atoms with van der Waals surface area (Å²) in [7, 11) is 0. The number of nitrogens with zero attached hydrogens (tertiary/aromatic N) is 1. The van der Waals surface area contributed by atoms with Crippen molar-refractivity contribution in [2.75, 3.05) is 19.6 Å². The molecule has 0 spiro atoms. The van der Waals surface area contributed by atoms with E-state index in [1.807, 2.05) is 0 Å². The van der Waals surface area contributed by atoms with Crippen LogP contribution < -0.4 is 10.6 Å². The molecule has 1 amide bonds. The summed E-state index contributed by atoms with van der Waals surface area (Å²) >= 11 is 0. The molecule has 0 aromatic rings. The topological polar surface area (TPSA) is 41.1 Å². The zero-order chi connectivity index (χ0) is 21.9. The van der Waals surface area contributed by atoms with Crippen molar-refractivity contribution in [3.8, 4) is 0 Å². The van der Waals surface area contributed by atoms with Crippen LogP contribution in [0.1, 0.15) is 111 Å². The number of carbonyl (C=O) groups is 1. The maximum absolute atomic E-state index is 11.2. The molecule has 1 rings (SSSR count). The lowest BCUT2D eigenvalue weighted by Crippen LogP contribution is -2.55. The van der Waals surface area contributed by atoms with E-state index in [1.54, 1.807) is 6.92 Å². The zero-order valence-electron chi connectivity index (χ0n) is 20.3. The van der Waals surface area contributed by atoms with Crippen LogP contribution in [0.4, 0.5) is 0 Å². The Labute approximate surface area is 187 Å². The van der Waals surface area contributed by atoms with Crippen LogP contribution in [0, 0.1) is 0 Å². The number of nitrogens with one attached hydrogen (secondary N) is 2. The zero-order valence-corrected chi connectivity index (χ0v) is 20.3. The van der Waals surface area contributed by atoms with Crippen molar-refractivity contribution < 1.29 is 9.28 Å². The molecule has 4 nitrogen and oxygen atoms in total. The van der Waals surface area contributed by atoms with Crippen LogP contribution in [0.25, 0.3) is 0 Å². The standard InChI is InChI=1S/C26H49N3O/c1-4-6-7-8-9-10-11-12-13-14-15-16-17-18-19-20-26-28-22-24-29(26,5-2)23-21-27-25(3)30/h10-11,22,24,26,28H,4-9,12-21,23H2,1-3H3/p+1/b11-10+. The molecule has 0 aromatic heterocycles. The van der Waals surface area contributed by atoms with Crippen molar-refractivity contribution in [1.29, 1.82) is 0 Å². The summed E-state index contributed by atoms with van der Waals surface area (Å²) in [5, 5.41) is 6.51. The highest BCUT2D eigenvalue weighted by Gasteiger charge is 2.36. The summed E-state index contributed by atoms with van der Waals surface area (Å²) in [4.78, 5) is 11.2. The molecule has 1 heterocycles. The lowest BCUT2D eigenvalue weighted by molar-refractivity contribution is -0.898. The van der Waals surface area contributed by atoms with Gasteiger partial charge in [0.25, 0.3) is 0 Å². The summed E-state index contributed by atoms with van der Waals surface area (Å²) in [5.41, 5.74) is 0. The maximum Gasteiger partial charge on any atom is 0.217 e. The minimum Gasteiger partial charge on any atom is -0.351 e. The molecule has 30 heavy (non-hydrogen) atoms. The Morgan fingerprint density at radius 2 is 1.53 bits per heavy atom. The minimum absolute atomic E-state index is 0.0652. The van der Waals surface area contributed by atoms with E-state index in [-0.39, 0.29) is 5.91 Å². The molecule has 1 aliphatic heterocycles. The highest BCUT2D eigenvalue weighted by molar-refractivity contribution is 5.72. The largest absolute Gasteiger partial charge is 0.351 e. The quantitative estimate of drug-likeness (QED) is 0.144. The van der Waals surface area contributed by atoms with E-state index in [2.05, 4.69) is 49.0 Å². The molecule has 1 aliphatic rings. The smallest absolute Gasteiger partial charge is 0.217 e. The van der Waals surface area contributed by atoms with Crippen molar-refractivity contribution >= 4 is 5.91 Å². The van der Waals surface area contributed by atoms with Gasteiger partial charge in [-0.25, -0.2) is 0 Å². The Kier molecular flexibility index (Phi) is 15.5. The fourth-order valence-corrected chi connectivity index (χ4v) is 4.46. The van der Waals surface area contributed by atoms with E-state index >= 15 is 0 Å². The molecule has 4 heteroatoms. The van der Waals surface area contributed by atoms with Gasteiger partial charge in [0.15, 0.2) is 6.17 Å². The first-order valence-corrected chi connectivity index (χ1v) is 12.8. The third kappa shape index (κ3) is 11.8. The van der Waals surface area contributed by atoms with Crippen molar-refractivity contribution in [1.82, 2.24) is 10.6 Å². The average molecular weight is 421 g/mol. The Bertz CT molecular complexity index is 489. The van der Waals surface area contributed by atoms with E-state index < -0.39 is 0 Å². The van der Waals surface area contributed by atoms with Gasteiger partial charge in [-0.15, -0.1) is 0 Å². The molecular weight excluding hydrogens is 370 g/mol. The number of carbonyl (C=O) groups excluding carboxylic acids is 1. The van der Waals surface area contributed by atoms with Crippen LogP contribution >= 0.6 is 0 Å². The van der Waals surface area contributed by atoms with Crippen LogP contribution in [0.3, 0.4) is 0 Å². The molecule has 0 fully saturated rings. The van der Waals surface area contributed by atoms with Crippen molar-refractivity contribution in [2.24, 2.45) is 0 Å². The number of rotatable bonds is 19. The third-order valence-electron chi connectivity index (χ3n) is 6.51. The Morgan fingerprint density at radius 3 is 2.13 bits per heavy atom. The van der Waals surface area contributed by atoms with Gasteiger partial charge in [-0.2, -0.15) is 0 Å². The summed E-state index contributed by atoms with van der Waals surface area (Å²) < 4.78 is 0.951. The number of hydrogen-bond acceptors (Lipinski definition) is 2. The number of allylic oxidation sites excluding steroid dienone is 2. The molecule has 2 unspecified atom stereocenters. The lowest BCUT2D eigenvalue weighted by Gasteiger charge is -2.37. The SMILES string of the molecule is CCCCCC/C=C/CCCCCCCCCC1NC=C[N+]1(CC)CCNC(C)=O. The van der Waals surface area contributed by atoms with Crippen LogP contribution in [0.5, 0.6) is 0 Å². The molecule has 0 aliphatic carbocycles. The number of quaternary nitrogens is 1. The first-order chi connectivity index (χ1) is 14.6. The summed E-state index contributed by atoms with van der Waals surface area (Å²) in [6.07, 6.45) is 28.4.